The van der Waals surface area contributed by atoms with Crippen molar-refractivity contribution < 1.29 is 9.90 Å². The number of amides is 1. The van der Waals surface area contributed by atoms with E-state index in [1.807, 2.05) is 38.1 Å². The van der Waals surface area contributed by atoms with Gasteiger partial charge in [0.25, 0.3) is 5.56 Å². The number of aromatic nitrogens is 3. The zero-order chi connectivity index (χ0) is 19.3. The first-order valence-corrected chi connectivity index (χ1v) is 9.28. The lowest BCUT2D eigenvalue weighted by atomic mass is 9.77. The molecule has 0 unspecified atom stereocenters. The third-order valence-corrected chi connectivity index (χ3v) is 5.22. The smallest absolute Gasteiger partial charge is 0.291 e. The van der Waals surface area contributed by atoms with E-state index in [9.17, 15) is 14.7 Å². The van der Waals surface area contributed by atoms with Crippen LogP contribution in [-0.2, 0) is 11.3 Å². The average Bonchev–Trinajstić information content (AvgIpc) is 2.95. The van der Waals surface area contributed by atoms with Crippen LogP contribution in [0, 0.1) is 0 Å². The van der Waals surface area contributed by atoms with Crippen LogP contribution in [-0.4, -0.2) is 37.4 Å². The molecule has 3 N–H and O–H groups in total. The predicted octanol–water partition coefficient (Wildman–Crippen LogP) is 2.03. The van der Waals surface area contributed by atoms with E-state index in [2.05, 4.69) is 15.4 Å². The van der Waals surface area contributed by atoms with Gasteiger partial charge in [-0.25, -0.2) is 4.68 Å². The standard InChI is InChI=1S/C20H24N4O3/c1-11(2)17-16-13-6-4-5-7-14(13)22-18(16)19(26)24(23-17)10-15(25)21-12-8-20(3,27)9-12/h4-7,11-12,22,27H,8-10H2,1-3H3,(H,21,25). The van der Waals surface area contributed by atoms with Crippen LogP contribution in [0.5, 0.6) is 0 Å². The van der Waals surface area contributed by atoms with Gasteiger partial charge < -0.3 is 15.4 Å². The number of hydrogen-bond acceptors (Lipinski definition) is 4. The minimum absolute atomic E-state index is 0.0513. The van der Waals surface area contributed by atoms with Crippen LogP contribution in [0.25, 0.3) is 21.8 Å². The molecular weight excluding hydrogens is 344 g/mol. The highest BCUT2D eigenvalue weighted by molar-refractivity contribution is 6.08. The van der Waals surface area contributed by atoms with Gasteiger partial charge in [0.1, 0.15) is 12.1 Å². The lowest BCUT2D eigenvalue weighted by Crippen LogP contribution is -2.54. The molecule has 0 spiro atoms. The van der Waals surface area contributed by atoms with Crippen LogP contribution < -0.4 is 10.9 Å². The Morgan fingerprint density at radius 2 is 2.11 bits per heavy atom. The Balaban J connectivity index is 1.71. The van der Waals surface area contributed by atoms with E-state index in [0.717, 1.165) is 22.0 Å². The van der Waals surface area contributed by atoms with E-state index in [1.54, 1.807) is 6.92 Å². The van der Waals surface area contributed by atoms with Gasteiger partial charge >= 0.3 is 0 Å². The number of H-pyrrole nitrogens is 1. The van der Waals surface area contributed by atoms with E-state index < -0.39 is 5.60 Å². The number of aromatic amines is 1. The molecule has 1 aliphatic rings. The fourth-order valence-corrected chi connectivity index (χ4v) is 3.95. The molecule has 142 valence electrons. The van der Waals surface area contributed by atoms with Gasteiger partial charge in [-0.3, -0.25) is 9.59 Å². The number of carbonyl (C=O) groups is 1. The van der Waals surface area contributed by atoms with E-state index in [-0.39, 0.29) is 30.0 Å². The number of fused-ring (bicyclic) bond motifs is 3. The Morgan fingerprint density at radius 1 is 1.41 bits per heavy atom. The van der Waals surface area contributed by atoms with Gasteiger partial charge in [-0.1, -0.05) is 32.0 Å². The van der Waals surface area contributed by atoms with Crippen LogP contribution >= 0.6 is 0 Å². The van der Waals surface area contributed by atoms with Crippen LogP contribution in [0.1, 0.15) is 45.2 Å². The molecular formula is C20H24N4O3. The molecule has 1 amide bonds. The SMILES string of the molecule is CC(C)c1nn(CC(=O)NC2CC(C)(O)C2)c(=O)c2[nH]c3ccccc3c12. The maximum absolute atomic E-state index is 12.9. The molecule has 1 aromatic carbocycles. The summed E-state index contributed by atoms with van der Waals surface area (Å²) in [6.07, 6.45) is 1.05. The number of hydrogen-bond donors (Lipinski definition) is 3. The Kier molecular flexibility index (Phi) is 4.07. The molecule has 27 heavy (non-hydrogen) atoms. The van der Waals surface area contributed by atoms with Gasteiger partial charge in [-0.15, -0.1) is 0 Å². The number of nitrogens with zero attached hydrogens (tertiary/aromatic N) is 2. The van der Waals surface area contributed by atoms with Crippen molar-refractivity contribution in [2.24, 2.45) is 0 Å². The molecule has 0 atom stereocenters. The number of carbonyl (C=O) groups excluding carboxylic acids is 1. The molecule has 2 aromatic heterocycles. The number of benzene rings is 1. The van der Waals surface area contributed by atoms with Crippen molar-refractivity contribution in [3.8, 4) is 0 Å². The van der Waals surface area contributed by atoms with Crippen LogP contribution in [0.4, 0.5) is 0 Å². The molecule has 4 rings (SSSR count). The summed E-state index contributed by atoms with van der Waals surface area (Å²) in [6, 6.07) is 7.70. The second kappa shape index (κ2) is 6.20. The van der Waals surface area contributed by atoms with Crippen molar-refractivity contribution >= 4 is 27.7 Å². The number of nitrogens with one attached hydrogen (secondary N) is 2. The molecule has 0 radical (unpaired) electrons. The summed E-state index contributed by atoms with van der Waals surface area (Å²) in [7, 11) is 0. The maximum atomic E-state index is 12.9. The Morgan fingerprint density at radius 3 is 2.78 bits per heavy atom. The first kappa shape index (κ1) is 17.7. The lowest BCUT2D eigenvalue weighted by molar-refractivity contribution is -0.125. The Hall–Kier alpha value is -2.67. The summed E-state index contributed by atoms with van der Waals surface area (Å²) in [4.78, 5) is 28.5. The zero-order valence-electron chi connectivity index (χ0n) is 15.7. The fraction of sp³-hybridized carbons (Fsp3) is 0.450. The maximum Gasteiger partial charge on any atom is 0.291 e. The summed E-state index contributed by atoms with van der Waals surface area (Å²) in [5.74, 6) is -0.168. The van der Waals surface area contributed by atoms with Crippen molar-refractivity contribution in [2.45, 2.75) is 57.7 Å². The van der Waals surface area contributed by atoms with Gasteiger partial charge in [0.15, 0.2) is 0 Å². The van der Waals surface area contributed by atoms with Crippen molar-refractivity contribution in [2.75, 3.05) is 0 Å². The summed E-state index contributed by atoms with van der Waals surface area (Å²) >= 11 is 0. The van der Waals surface area contributed by atoms with Crippen molar-refractivity contribution in [1.29, 1.82) is 0 Å². The van der Waals surface area contributed by atoms with Gasteiger partial charge in [0.05, 0.1) is 11.3 Å². The van der Waals surface area contributed by atoms with Crippen LogP contribution in [0.2, 0.25) is 0 Å². The summed E-state index contributed by atoms with van der Waals surface area (Å²) < 4.78 is 1.24. The summed E-state index contributed by atoms with van der Waals surface area (Å²) in [6.45, 7) is 5.66. The monoisotopic (exact) mass is 368 g/mol. The minimum Gasteiger partial charge on any atom is -0.390 e. The van der Waals surface area contributed by atoms with E-state index in [4.69, 9.17) is 0 Å². The first-order valence-electron chi connectivity index (χ1n) is 9.28. The topological polar surface area (TPSA) is 100 Å². The molecule has 0 bridgehead atoms. The fourth-order valence-electron chi connectivity index (χ4n) is 3.95. The minimum atomic E-state index is -0.707. The van der Waals surface area contributed by atoms with E-state index >= 15 is 0 Å². The summed E-state index contributed by atoms with van der Waals surface area (Å²) in [5, 5.41) is 19.0. The predicted molar refractivity (Wildman–Crippen MR) is 104 cm³/mol. The van der Waals surface area contributed by atoms with Gasteiger partial charge in [-0.2, -0.15) is 5.10 Å². The highest BCUT2D eigenvalue weighted by Crippen LogP contribution is 2.31. The second-order valence-corrected chi connectivity index (χ2v) is 8.09. The molecule has 7 heteroatoms. The van der Waals surface area contributed by atoms with E-state index in [0.29, 0.717) is 18.4 Å². The summed E-state index contributed by atoms with van der Waals surface area (Å²) in [5.41, 5.74) is 1.14. The molecule has 1 saturated carbocycles. The molecule has 2 heterocycles. The van der Waals surface area contributed by atoms with Crippen molar-refractivity contribution in [1.82, 2.24) is 20.1 Å². The molecule has 7 nitrogen and oxygen atoms in total. The largest absolute Gasteiger partial charge is 0.390 e. The van der Waals surface area contributed by atoms with Crippen LogP contribution in [0.15, 0.2) is 29.1 Å². The van der Waals surface area contributed by atoms with Crippen molar-refractivity contribution in [3.05, 3.63) is 40.3 Å². The number of aliphatic hydroxyl groups is 1. The molecule has 0 aliphatic heterocycles. The molecule has 1 fully saturated rings. The van der Waals surface area contributed by atoms with Gasteiger partial charge in [0.2, 0.25) is 5.91 Å². The highest BCUT2D eigenvalue weighted by Gasteiger charge is 2.39. The quantitative estimate of drug-likeness (QED) is 0.656. The number of rotatable bonds is 4. The third-order valence-electron chi connectivity index (χ3n) is 5.22. The zero-order valence-corrected chi connectivity index (χ0v) is 15.7. The van der Waals surface area contributed by atoms with E-state index in [1.165, 1.54) is 4.68 Å². The second-order valence-electron chi connectivity index (χ2n) is 8.09. The van der Waals surface area contributed by atoms with Gasteiger partial charge in [-0.05, 0) is 31.7 Å². The molecule has 1 aliphatic carbocycles. The lowest BCUT2D eigenvalue weighted by Gasteiger charge is -2.41. The third kappa shape index (κ3) is 3.12. The Bertz CT molecular complexity index is 1090. The average molecular weight is 368 g/mol. The van der Waals surface area contributed by atoms with Gasteiger partial charge in [0, 0.05) is 22.3 Å². The normalized spacial score (nSPS) is 22.3. The van der Waals surface area contributed by atoms with Crippen molar-refractivity contribution in [3.63, 3.8) is 0 Å². The first-order chi connectivity index (χ1) is 12.7. The number of para-hydroxylation sites is 1. The Labute approximate surface area is 156 Å². The molecule has 0 saturated heterocycles. The molecule has 3 aromatic rings. The highest BCUT2D eigenvalue weighted by atomic mass is 16.3. The van der Waals surface area contributed by atoms with Crippen LogP contribution in [0.3, 0.4) is 0 Å².